The van der Waals surface area contributed by atoms with Gasteiger partial charge in [0, 0.05) is 30.4 Å². The molecule has 1 saturated heterocycles. The molecule has 16 heavy (non-hydrogen) atoms. The van der Waals surface area contributed by atoms with Gasteiger partial charge in [-0.2, -0.15) is 0 Å². The number of alkyl halides is 1. The number of hydrogen-bond acceptors (Lipinski definition) is 2. The van der Waals surface area contributed by atoms with E-state index in [0.29, 0.717) is 10.7 Å². The molecule has 1 fully saturated rings. The molecule has 0 bridgehead atoms. The Morgan fingerprint density at radius 2 is 2.06 bits per heavy atom. The molecule has 0 aromatic heterocycles. The van der Waals surface area contributed by atoms with Gasteiger partial charge in [0.25, 0.3) is 0 Å². The van der Waals surface area contributed by atoms with Crippen molar-refractivity contribution in [3.05, 3.63) is 35.9 Å². The highest BCUT2D eigenvalue weighted by Gasteiger charge is 2.26. The zero-order valence-corrected chi connectivity index (χ0v) is 10.9. The lowest BCUT2D eigenvalue weighted by atomic mass is 9.98. The van der Waals surface area contributed by atoms with E-state index in [9.17, 15) is 5.11 Å². The van der Waals surface area contributed by atoms with E-state index in [0.717, 1.165) is 26.1 Å². The summed E-state index contributed by atoms with van der Waals surface area (Å²) in [5.74, 6) is 0.373. The third-order valence-electron chi connectivity index (χ3n) is 3.21. The fourth-order valence-corrected chi connectivity index (χ4v) is 2.78. The number of aliphatic hydroxyl groups is 1. The first kappa shape index (κ1) is 12.1. The van der Waals surface area contributed by atoms with Crippen LogP contribution in [0.1, 0.15) is 12.0 Å². The van der Waals surface area contributed by atoms with Crippen LogP contribution in [0.3, 0.4) is 0 Å². The van der Waals surface area contributed by atoms with Crippen molar-refractivity contribution in [2.45, 2.75) is 17.8 Å². The molecule has 1 aromatic rings. The maximum absolute atomic E-state index is 9.29. The lowest BCUT2D eigenvalue weighted by Crippen LogP contribution is -2.41. The minimum absolute atomic E-state index is 0.279. The largest absolute Gasteiger partial charge is 0.396 e. The second-order valence-corrected chi connectivity index (χ2v) is 5.64. The molecule has 0 aliphatic carbocycles. The van der Waals surface area contributed by atoms with Gasteiger partial charge in [-0.25, -0.2) is 0 Å². The summed E-state index contributed by atoms with van der Waals surface area (Å²) < 4.78 is 0. The molecule has 2 nitrogen and oxygen atoms in total. The summed E-state index contributed by atoms with van der Waals surface area (Å²) in [6.45, 7) is 3.38. The summed E-state index contributed by atoms with van der Waals surface area (Å²) in [5, 5.41) is 9.29. The van der Waals surface area contributed by atoms with Crippen molar-refractivity contribution < 1.29 is 5.11 Å². The number of hydrogen-bond donors (Lipinski definition) is 1. The summed E-state index contributed by atoms with van der Waals surface area (Å²) in [7, 11) is 0. The van der Waals surface area contributed by atoms with Crippen LogP contribution in [0.15, 0.2) is 30.3 Å². The molecular weight excluding hydrogens is 266 g/mol. The van der Waals surface area contributed by atoms with E-state index in [2.05, 4.69) is 45.1 Å². The second-order valence-electron chi connectivity index (χ2n) is 4.47. The van der Waals surface area contributed by atoms with Crippen LogP contribution < -0.4 is 0 Å². The van der Waals surface area contributed by atoms with Crippen LogP contribution in [-0.4, -0.2) is 34.5 Å². The van der Waals surface area contributed by atoms with E-state index < -0.39 is 0 Å². The molecule has 1 N–H and O–H groups in total. The van der Waals surface area contributed by atoms with E-state index in [1.807, 2.05) is 6.07 Å². The third-order valence-corrected chi connectivity index (χ3v) is 4.41. The summed E-state index contributed by atoms with van der Waals surface area (Å²) in [4.78, 5) is 2.90. The van der Waals surface area contributed by atoms with E-state index in [1.54, 1.807) is 0 Å². The first-order valence-electron chi connectivity index (χ1n) is 5.81. The van der Waals surface area contributed by atoms with Gasteiger partial charge in [-0.05, 0) is 18.5 Å². The first-order valence-corrected chi connectivity index (χ1v) is 6.72. The quantitative estimate of drug-likeness (QED) is 0.861. The van der Waals surface area contributed by atoms with Crippen LogP contribution in [-0.2, 0) is 6.54 Å². The van der Waals surface area contributed by atoms with Crippen molar-refractivity contribution in [1.29, 1.82) is 0 Å². The summed E-state index contributed by atoms with van der Waals surface area (Å²) in [5.41, 5.74) is 1.35. The zero-order chi connectivity index (χ0) is 11.4. The fraction of sp³-hybridized carbons (Fsp3) is 0.538. The third kappa shape index (κ3) is 3.06. The molecule has 1 aliphatic heterocycles. The van der Waals surface area contributed by atoms with Gasteiger partial charge < -0.3 is 5.11 Å². The van der Waals surface area contributed by atoms with Gasteiger partial charge in [-0.15, -0.1) is 0 Å². The molecule has 1 aliphatic rings. The molecule has 1 heterocycles. The molecule has 0 spiro atoms. The molecule has 88 valence electrons. The SMILES string of the molecule is OCC1CN(Cc2ccccc2)CCC1Br. The van der Waals surface area contributed by atoms with Crippen molar-refractivity contribution in [2.24, 2.45) is 5.92 Å². The average molecular weight is 284 g/mol. The Bertz CT molecular complexity index is 317. The molecule has 2 atom stereocenters. The molecular formula is C13H18BrNO. The number of likely N-dealkylation sites (tertiary alicyclic amines) is 1. The molecule has 0 saturated carbocycles. The molecule has 0 radical (unpaired) electrons. The smallest absolute Gasteiger partial charge is 0.0482 e. The highest BCUT2D eigenvalue weighted by molar-refractivity contribution is 9.09. The van der Waals surface area contributed by atoms with Gasteiger partial charge in [0.2, 0.25) is 0 Å². The Morgan fingerprint density at radius 1 is 1.31 bits per heavy atom. The molecule has 2 unspecified atom stereocenters. The lowest BCUT2D eigenvalue weighted by molar-refractivity contribution is 0.122. The number of benzene rings is 1. The van der Waals surface area contributed by atoms with Gasteiger partial charge in [0.1, 0.15) is 0 Å². The monoisotopic (exact) mass is 283 g/mol. The molecule has 1 aromatic carbocycles. The van der Waals surface area contributed by atoms with E-state index in [-0.39, 0.29) is 6.61 Å². The van der Waals surface area contributed by atoms with Crippen LogP contribution in [0.25, 0.3) is 0 Å². The van der Waals surface area contributed by atoms with Crippen LogP contribution in [0.4, 0.5) is 0 Å². The highest BCUT2D eigenvalue weighted by Crippen LogP contribution is 2.24. The number of piperidine rings is 1. The number of nitrogens with zero attached hydrogens (tertiary/aromatic N) is 1. The van der Waals surface area contributed by atoms with Crippen molar-refractivity contribution >= 4 is 15.9 Å². The van der Waals surface area contributed by atoms with Gasteiger partial charge in [-0.1, -0.05) is 46.3 Å². The van der Waals surface area contributed by atoms with Gasteiger partial charge >= 0.3 is 0 Å². The summed E-state index contributed by atoms with van der Waals surface area (Å²) >= 11 is 3.64. The van der Waals surface area contributed by atoms with Crippen LogP contribution in [0.5, 0.6) is 0 Å². The topological polar surface area (TPSA) is 23.5 Å². The molecule has 0 amide bonds. The zero-order valence-electron chi connectivity index (χ0n) is 9.35. The predicted molar refractivity (Wildman–Crippen MR) is 69.6 cm³/mol. The molecule has 3 heteroatoms. The van der Waals surface area contributed by atoms with Crippen molar-refractivity contribution in [2.75, 3.05) is 19.7 Å². The van der Waals surface area contributed by atoms with Crippen molar-refractivity contribution in [3.8, 4) is 0 Å². The van der Waals surface area contributed by atoms with Crippen molar-refractivity contribution in [3.63, 3.8) is 0 Å². The Kier molecular flexibility index (Phi) is 4.38. The number of halogens is 1. The average Bonchev–Trinajstić information content (AvgIpc) is 2.33. The van der Waals surface area contributed by atoms with Crippen LogP contribution in [0, 0.1) is 5.92 Å². The Balaban J connectivity index is 1.92. The second kappa shape index (κ2) is 5.80. The van der Waals surface area contributed by atoms with E-state index >= 15 is 0 Å². The fourth-order valence-electron chi connectivity index (χ4n) is 2.24. The number of aliphatic hydroxyl groups excluding tert-OH is 1. The Labute approximate surface area is 105 Å². The summed E-state index contributed by atoms with van der Waals surface area (Å²) in [6.07, 6.45) is 1.12. The maximum Gasteiger partial charge on any atom is 0.0482 e. The van der Waals surface area contributed by atoms with E-state index in [1.165, 1.54) is 5.56 Å². The van der Waals surface area contributed by atoms with Gasteiger partial charge in [-0.3, -0.25) is 4.90 Å². The standard InChI is InChI=1S/C13H18BrNO/c14-13-6-7-15(9-12(13)10-16)8-11-4-2-1-3-5-11/h1-5,12-13,16H,6-10H2. The highest BCUT2D eigenvalue weighted by atomic mass is 79.9. The lowest BCUT2D eigenvalue weighted by Gasteiger charge is -2.35. The maximum atomic E-state index is 9.29. The Morgan fingerprint density at radius 3 is 2.75 bits per heavy atom. The van der Waals surface area contributed by atoms with Crippen LogP contribution in [0.2, 0.25) is 0 Å². The normalized spacial score (nSPS) is 26.9. The number of rotatable bonds is 3. The van der Waals surface area contributed by atoms with Crippen LogP contribution >= 0.6 is 15.9 Å². The van der Waals surface area contributed by atoms with Gasteiger partial charge in [0.15, 0.2) is 0 Å². The first-order chi connectivity index (χ1) is 7.79. The van der Waals surface area contributed by atoms with E-state index in [4.69, 9.17) is 0 Å². The predicted octanol–water partition coefficient (Wildman–Crippen LogP) is 2.26. The minimum Gasteiger partial charge on any atom is -0.396 e. The van der Waals surface area contributed by atoms with Crippen molar-refractivity contribution in [1.82, 2.24) is 4.90 Å². The Hall–Kier alpha value is -0.380. The van der Waals surface area contributed by atoms with Gasteiger partial charge in [0.05, 0.1) is 0 Å². The minimum atomic E-state index is 0.279. The summed E-state index contributed by atoms with van der Waals surface area (Å²) in [6, 6.07) is 10.5. The molecule has 2 rings (SSSR count).